The van der Waals surface area contributed by atoms with Gasteiger partial charge in [-0.15, -0.1) is 0 Å². The highest BCUT2D eigenvalue weighted by Crippen LogP contribution is 2.27. The Morgan fingerprint density at radius 2 is 1.89 bits per heavy atom. The van der Waals surface area contributed by atoms with Crippen molar-refractivity contribution in [2.45, 2.75) is 71.5 Å². The van der Waals surface area contributed by atoms with Gasteiger partial charge < -0.3 is 25.3 Å². The lowest BCUT2D eigenvalue weighted by Gasteiger charge is -2.27. The molecule has 2 atom stereocenters. The zero-order chi connectivity index (χ0) is 31.5. The Kier molecular flexibility index (Phi) is 8.86. The normalized spacial score (nSPS) is 19.4. The minimum absolute atomic E-state index is 0.0974. The van der Waals surface area contributed by atoms with Crippen LogP contribution in [0.4, 0.5) is 0 Å². The second-order valence-electron chi connectivity index (χ2n) is 12.4. The summed E-state index contributed by atoms with van der Waals surface area (Å²) in [5, 5.41) is 11.9. The summed E-state index contributed by atoms with van der Waals surface area (Å²) in [5.74, 6) is 1.73. The average molecular weight is 612 g/mol. The summed E-state index contributed by atoms with van der Waals surface area (Å²) >= 11 is 0. The van der Waals surface area contributed by atoms with E-state index in [0.717, 1.165) is 34.2 Å². The van der Waals surface area contributed by atoms with E-state index >= 15 is 0 Å². The fourth-order valence-electron chi connectivity index (χ4n) is 6.33. The number of nitrogens with zero attached hydrogens (tertiary/aromatic N) is 4. The fraction of sp³-hybridized carbons (Fsp3) is 0.441. The maximum Gasteiger partial charge on any atom is 0.253 e. The second kappa shape index (κ2) is 13.1. The number of hydrogen-bond acceptors (Lipinski definition) is 6. The van der Waals surface area contributed by atoms with Gasteiger partial charge in [0.15, 0.2) is 0 Å². The molecular formula is C34H41N7O4. The van der Waals surface area contributed by atoms with Gasteiger partial charge in [0.2, 0.25) is 11.8 Å². The highest BCUT2D eigenvalue weighted by Gasteiger charge is 2.29. The quantitative estimate of drug-likeness (QED) is 0.314. The van der Waals surface area contributed by atoms with Gasteiger partial charge in [-0.25, -0.2) is 9.67 Å². The number of carbonyl (C=O) groups excluding carboxylic acids is 3. The molecule has 4 heterocycles. The number of hydrogen-bond donors (Lipinski definition) is 3. The van der Waals surface area contributed by atoms with Gasteiger partial charge in [0.1, 0.15) is 23.4 Å². The molecule has 0 spiro atoms. The summed E-state index contributed by atoms with van der Waals surface area (Å²) in [6.07, 6.45) is 4.27. The lowest BCUT2D eigenvalue weighted by atomic mass is 10.0. The number of benzene rings is 2. The molecule has 236 valence electrons. The van der Waals surface area contributed by atoms with E-state index in [0.29, 0.717) is 62.7 Å². The molecule has 0 saturated heterocycles. The van der Waals surface area contributed by atoms with Crippen LogP contribution in [0.15, 0.2) is 48.7 Å². The van der Waals surface area contributed by atoms with Gasteiger partial charge in [-0.1, -0.05) is 32.0 Å². The van der Waals surface area contributed by atoms with Gasteiger partial charge in [-0.3, -0.25) is 14.4 Å². The lowest BCUT2D eigenvalue weighted by Crippen LogP contribution is -2.49. The Labute approximate surface area is 262 Å². The number of ether oxygens (including phenoxy) is 1. The molecule has 45 heavy (non-hydrogen) atoms. The molecule has 0 fully saturated rings. The highest BCUT2D eigenvalue weighted by molar-refractivity contribution is 5.95. The van der Waals surface area contributed by atoms with E-state index in [2.05, 4.69) is 34.6 Å². The van der Waals surface area contributed by atoms with E-state index in [1.165, 1.54) is 0 Å². The number of H-pyrrole nitrogens is 1. The van der Waals surface area contributed by atoms with Crippen molar-refractivity contribution in [3.63, 3.8) is 0 Å². The van der Waals surface area contributed by atoms with Crippen molar-refractivity contribution in [2.24, 2.45) is 5.92 Å². The maximum atomic E-state index is 13.9. The fourth-order valence-corrected chi connectivity index (χ4v) is 6.33. The van der Waals surface area contributed by atoms with Crippen molar-refractivity contribution in [3.05, 3.63) is 77.0 Å². The molecule has 11 nitrogen and oxygen atoms in total. The third-order valence-electron chi connectivity index (χ3n) is 8.53. The van der Waals surface area contributed by atoms with Crippen molar-refractivity contribution in [1.29, 1.82) is 0 Å². The molecule has 2 aromatic heterocycles. The smallest absolute Gasteiger partial charge is 0.253 e. The summed E-state index contributed by atoms with van der Waals surface area (Å²) < 4.78 is 7.45. The third kappa shape index (κ3) is 6.87. The molecule has 11 heteroatoms. The topological polar surface area (TPSA) is 134 Å². The number of para-hydroxylation sites is 1. The van der Waals surface area contributed by atoms with Crippen LogP contribution in [-0.2, 0) is 29.0 Å². The number of fused-ring (bicyclic) bond motifs is 3. The van der Waals surface area contributed by atoms with Gasteiger partial charge in [0, 0.05) is 55.0 Å². The zero-order valence-electron chi connectivity index (χ0n) is 26.1. The van der Waals surface area contributed by atoms with E-state index in [-0.39, 0.29) is 30.1 Å². The Balaban J connectivity index is 1.30. The largest absolute Gasteiger partial charge is 0.493 e. The summed E-state index contributed by atoms with van der Waals surface area (Å²) in [6.45, 7) is 7.82. The molecule has 0 saturated carbocycles. The Morgan fingerprint density at radius 1 is 1.04 bits per heavy atom. The van der Waals surface area contributed by atoms with E-state index < -0.39 is 12.1 Å². The lowest BCUT2D eigenvalue weighted by molar-refractivity contribution is -0.129. The summed E-state index contributed by atoms with van der Waals surface area (Å²) in [4.78, 5) is 50.8. The second-order valence-corrected chi connectivity index (χ2v) is 12.4. The van der Waals surface area contributed by atoms with Crippen molar-refractivity contribution in [3.8, 4) is 5.75 Å². The SMILES string of the molecule is Cc1nc2n(n1)CCN(C(=O)c1ccc3c(c1)CCO3)CCCC(=O)N[C@H](Cc1c[nH]c3ccccc13)C(=O)N[C@H]2CC(C)C. The van der Waals surface area contributed by atoms with E-state index in [4.69, 9.17) is 9.72 Å². The molecule has 6 rings (SSSR count). The van der Waals surface area contributed by atoms with E-state index in [1.54, 1.807) is 11.0 Å². The predicted molar refractivity (Wildman–Crippen MR) is 170 cm³/mol. The molecule has 0 unspecified atom stereocenters. The first-order chi connectivity index (χ1) is 21.7. The Bertz CT molecular complexity index is 1710. The van der Waals surface area contributed by atoms with E-state index in [9.17, 15) is 14.4 Å². The van der Waals surface area contributed by atoms with Crippen LogP contribution in [0.2, 0.25) is 0 Å². The average Bonchev–Trinajstić information content (AvgIpc) is 3.75. The summed E-state index contributed by atoms with van der Waals surface area (Å²) in [5.41, 5.74) is 3.55. The number of carbonyl (C=O) groups is 3. The molecule has 0 radical (unpaired) electrons. The molecule has 2 aromatic carbocycles. The number of rotatable bonds is 5. The van der Waals surface area contributed by atoms with Crippen LogP contribution in [-0.4, -0.2) is 68.1 Å². The van der Waals surface area contributed by atoms with Crippen LogP contribution in [0.1, 0.15) is 72.3 Å². The Hall–Kier alpha value is -4.67. The molecular weight excluding hydrogens is 570 g/mol. The summed E-state index contributed by atoms with van der Waals surface area (Å²) in [6, 6.07) is 12.3. The Morgan fingerprint density at radius 3 is 2.73 bits per heavy atom. The highest BCUT2D eigenvalue weighted by atomic mass is 16.5. The van der Waals surface area contributed by atoms with Crippen LogP contribution in [0, 0.1) is 12.8 Å². The maximum absolute atomic E-state index is 13.9. The molecule has 2 aliphatic heterocycles. The first-order valence-corrected chi connectivity index (χ1v) is 15.9. The number of aromatic amines is 1. The monoisotopic (exact) mass is 611 g/mol. The van der Waals surface area contributed by atoms with Crippen molar-refractivity contribution >= 4 is 28.6 Å². The van der Waals surface area contributed by atoms with Gasteiger partial charge in [-0.2, -0.15) is 5.10 Å². The van der Waals surface area contributed by atoms with Gasteiger partial charge >= 0.3 is 0 Å². The minimum atomic E-state index is -0.793. The summed E-state index contributed by atoms with van der Waals surface area (Å²) in [7, 11) is 0. The molecule has 0 bridgehead atoms. The van der Waals surface area contributed by atoms with Crippen molar-refractivity contribution in [2.75, 3.05) is 19.7 Å². The van der Waals surface area contributed by atoms with Crippen LogP contribution in [0.5, 0.6) is 5.75 Å². The van der Waals surface area contributed by atoms with Crippen LogP contribution < -0.4 is 15.4 Å². The first-order valence-electron chi connectivity index (χ1n) is 15.9. The molecule has 3 N–H and O–H groups in total. The van der Waals surface area contributed by atoms with Crippen LogP contribution in [0.3, 0.4) is 0 Å². The van der Waals surface area contributed by atoms with Crippen molar-refractivity contribution in [1.82, 2.24) is 35.3 Å². The van der Waals surface area contributed by atoms with Crippen molar-refractivity contribution < 1.29 is 19.1 Å². The number of amides is 3. The molecule has 0 aliphatic carbocycles. The minimum Gasteiger partial charge on any atom is -0.493 e. The molecule has 2 aliphatic rings. The number of nitrogens with one attached hydrogen (secondary N) is 3. The number of aryl methyl sites for hydroxylation is 1. The van der Waals surface area contributed by atoms with E-state index in [1.807, 2.05) is 54.2 Å². The van der Waals surface area contributed by atoms with Gasteiger partial charge in [0.25, 0.3) is 5.91 Å². The predicted octanol–water partition coefficient (Wildman–Crippen LogP) is 3.87. The van der Waals surface area contributed by atoms with Gasteiger partial charge in [0.05, 0.1) is 19.2 Å². The third-order valence-corrected chi connectivity index (χ3v) is 8.53. The molecule has 3 amide bonds. The standard InChI is InChI=1S/C34H41N7O4/c1-21(2)17-28-32-36-22(3)39-41(32)15-14-40(34(44)24-10-11-30-23(18-24)12-16-45-30)13-6-9-31(42)37-29(33(43)38-28)19-25-20-35-27-8-5-4-7-26(25)27/h4-5,7-8,10-11,18,20-21,28-29,35H,6,9,12-17,19H2,1-3H3,(H,37,42)(H,38,43)/t28-,29+/m0/s1. The van der Waals surface area contributed by atoms with Crippen LogP contribution in [0.25, 0.3) is 10.9 Å². The van der Waals surface area contributed by atoms with Crippen LogP contribution >= 0.6 is 0 Å². The molecule has 4 aromatic rings. The number of aromatic nitrogens is 4. The van der Waals surface area contributed by atoms with Gasteiger partial charge in [-0.05, 0) is 61.1 Å². The first kappa shape index (κ1) is 30.4. The zero-order valence-corrected chi connectivity index (χ0v) is 26.1.